The van der Waals surface area contributed by atoms with Crippen LogP contribution in [0.1, 0.15) is 50.7 Å². The van der Waals surface area contributed by atoms with Gasteiger partial charge in [0.1, 0.15) is 0 Å². The first-order valence-electron chi connectivity index (χ1n) is 9.17. The monoisotopic (exact) mass is 314 g/mol. The number of hydrogen-bond acceptors (Lipinski definition) is 2. The standard InChI is InChI=1S/C20H30N2O/c1-15(2)14-20(9-11-21-12-10-20)19(23)22-18-8-7-16-5-3-4-6-17(16)13-18/h3-6,15,18,21H,7-14H2,1-2H3,(H,22,23). The van der Waals surface area contributed by atoms with Gasteiger partial charge < -0.3 is 10.6 Å². The molecule has 3 nitrogen and oxygen atoms in total. The maximum absolute atomic E-state index is 13.1. The zero-order valence-electron chi connectivity index (χ0n) is 14.5. The molecule has 1 aromatic rings. The van der Waals surface area contributed by atoms with Crippen molar-refractivity contribution in [2.45, 2.75) is 58.4 Å². The number of piperidine rings is 1. The van der Waals surface area contributed by atoms with E-state index in [0.29, 0.717) is 17.9 Å². The fourth-order valence-electron chi connectivity index (χ4n) is 4.37. The lowest BCUT2D eigenvalue weighted by Gasteiger charge is -2.39. The minimum Gasteiger partial charge on any atom is -0.353 e. The average Bonchev–Trinajstić information content (AvgIpc) is 2.55. The molecule has 1 aromatic carbocycles. The molecule has 1 saturated heterocycles. The van der Waals surface area contributed by atoms with E-state index in [1.807, 2.05) is 0 Å². The highest BCUT2D eigenvalue weighted by molar-refractivity contribution is 5.83. The quantitative estimate of drug-likeness (QED) is 0.897. The fourth-order valence-corrected chi connectivity index (χ4v) is 4.37. The maximum Gasteiger partial charge on any atom is 0.226 e. The van der Waals surface area contributed by atoms with Gasteiger partial charge in [-0.1, -0.05) is 38.1 Å². The van der Waals surface area contributed by atoms with Crippen LogP contribution in [0.2, 0.25) is 0 Å². The molecule has 1 fully saturated rings. The lowest BCUT2D eigenvalue weighted by molar-refractivity contribution is -0.134. The van der Waals surface area contributed by atoms with Gasteiger partial charge >= 0.3 is 0 Å². The van der Waals surface area contributed by atoms with Gasteiger partial charge in [0.2, 0.25) is 5.91 Å². The van der Waals surface area contributed by atoms with Crippen molar-refractivity contribution in [3.8, 4) is 0 Å². The third kappa shape index (κ3) is 3.77. The molecule has 1 aliphatic heterocycles. The number of hydrogen-bond donors (Lipinski definition) is 2. The van der Waals surface area contributed by atoms with E-state index in [1.165, 1.54) is 11.1 Å². The number of benzene rings is 1. The Morgan fingerprint density at radius 3 is 2.65 bits per heavy atom. The second-order valence-corrected chi connectivity index (χ2v) is 7.81. The Labute approximate surface area is 140 Å². The lowest BCUT2D eigenvalue weighted by Crippen LogP contribution is -2.51. The number of fused-ring (bicyclic) bond motifs is 1. The first-order valence-corrected chi connectivity index (χ1v) is 9.17. The van der Waals surface area contributed by atoms with Crippen LogP contribution in [0.4, 0.5) is 0 Å². The summed E-state index contributed by atoms with van der Waals surface area (Å²) in [6, 6.07) is 8.96. The first kappa shape index (κ1) is 16.5. The van der Waals surface area contributed by atoms with Crippen LogP contribution in [0.3, 0.4) is 0 Å². The number of carbonyl (C=O) groups is 1. The van der Waals surface area contributed by atoms with Gasteiger partial charge in [-0.2, -0.15) is 0 Å². The van der Waals surface area contributed by atoms with Crippen molar-refractivity contribution < 1.29 is 4.79 Å². The average molecular weight is 314 g/mol. The highest BCUT2D eigenvalue weighted by Gasteiger charge is 2.40. The molecule has 1 heterocycles. The van der Waals surface area contributed by atoms with Gasteiger partial charge in [-0.05, 0) is 68.7 Å². The van der Waals surface area contributed by atoms with Crippen LogP contribution in [-0.2, 0) is 17.6 Å². The molecule has 2 N–H and O–H groups in total. The Hall–Kier alpha value is -1.35. The van der Waals surface area contributed by atoms with Gasteiger partial charge in [0, 0.05) is 6.04 Å². The van der Waals surface area contributed by atoms with Gasteiger partial charge in [0.15, 0.2) is 0 Å². The Balaban J connectivity index is 1.67. The zero-order valence-corrected chi connectivity index (χ0v) is 14.5. The summed E-state index contributed by atoms with van der Waals surface area (Å²) in [5.41, 5.74) is 2.71. The SMILES string of the molecule is CC(C)CC1(C(=O)NC2CCc3ccccc3C2)CCNCC1. The molecular formula is C20H30N2O. The molecule has 0 saturated carbocycles. The predicted molar refractivity (Wildman–Crippen MR) is 94.4 cm³/mol. The zero-order chi connectivity index (χ0) is 16.3. The van der Waals surface area contributed by atoms with E-state index in [9.17, 15) is 4.79 Å². The number of carbonyl (C=O) groups excluding carboxylic acids is 1. The van der Waals surface area contributed by atoms with E-state index in [1.54, 1.807) is 0 Å². The van der Waals surface area contributed by atoms with Gasteiger partial charge in [0.05, 0.1) is 5.41 Å². The molecule has 0 aromatic heterocycles. The Kier molecular flexibility index (Phi) is 5.05. The summed E-state index contributed by atoms with van der Waals surface area (Å²) in [6.45, 7) is 6.39. The molecule has 3 rings (SSSR count). The van der Waals surface area contributed by atoms with Crippen LogP contribution >= 0.6 is 0 Å². The summed E-state index contributed by atoms with van der Waals surface area (Å²) in [7, 11) is 0. The van der Waals surface area contributed by atoms with Crippen LogP contribution in [0.5, 0.6) is 0 Å². The smallest absolute Gasteiger partial charge is 0.226 e. The second kappa shape index (κ2) is 7.04. The predicted octanol–water partition coefficient (Wildman–Crippen LogP) is 3.08. The molecule has 0 bridgehead atoms. The van der Waals surface area contributed by atoms with Crippen molar-refractivity contribution in [3.63, 3.8) is 0 Å². The molecule has 2 aliphatic rings. The van der Waals surface area contributed by atoms with Gasteiger partial charge in [-0.25, -0.2) is 0 Å². The number of rotatable bonds is 4. The van der Waals surface area contributed by atoms with E-state index in [0.717, 1.165) is 51.6 Å². The molecule has 1 amide bonds. The van der Waals surface area contributed by atoms with Crippen molar-refractivity contribution >= 4 is 5.91 Å². The van der Waals surface area contributed by atoms with Crippen molar-refractivity contribution in [2.24, 2.45) is 11.3 Å². The van der Waals surface area contributed by atoms with Crippen LogP contribution in [0.25, 0.3) is 0 Å². The molecule has 126 valence electrons. The van der Waals surface area contributed by atoms with Crippen molar-refractivity contribution in [1.82, 2.24) is 10.6 Å². The van der Waals surface area contributed by atoms with Crippen LogP contribution in [0.15, 0.2) is 24.3 Å². The minimum absolute atomic E-state index is 0.156. The molecule has 0 spiro atoms. The summed E-state index contributed by atoms with van der Waals surface area (Å²) >= 11 is 0. The van der Waals surface area contributed by atoms with Gasteiger partial charge in [-0.15, -0.1) is 0 Å². The number of amides is 1. The fraction of sp³-hybridized carbons (Fsp3) is 0.650. The highest BCUT2D eigenvalue weighted by Crippen LogP contribution is 2.36. The van der Waals surface area contributed by atoms with Crippen molar-refractivity contribution in [3.05, 3.63) is 35.4 Å². The number of nitrogens with one attached hydrogen (secondary N) is 2. The summed E-state index contributed by atoms with van der Waals surface area (Å²) in [5, 5.41) is 6.81. The molecule has 1 unspecified atom stereocenters. The summed E-state index contributed by atoms with van der Waals surface area (Å²) < 4.78 is 0. The summed E-state index contributed by atoms with van der Waals surface area (Å²) in [6.07, 6.45) is 6.08. The van der Waals surface area contributed by atoms with Crippen molar-refractivity contribution in [2.75, 3.05) is 13.1 Å². The molecule has 0 radical (unpaired) electrons. The van der Waals surface area contributed by atoms with E-state index < -0.39 is 0 Å². The van der Waals surface area contributed by atoms with Crippen LogP contribution < -0.4 is 10.6 Å². The first-order chi connectivity index (χ1) is 11.1. The lowest BCUT2D eigenvalue weighted by atomic mass is 9.72. The van der Waals surface area contributed by atoms with E-state index in [2.05, 4.69) is 48.7 Å². The molecule has 3 heteroatoms. The second-order valence-electron chi connectivity index (χ2n) is 7.81. The summed E-state index contributed by atoms with van der Waals surface area (Å²) in [4.78, 5) is 13.1. The Morgan fingerprint density at radius 1 is 1.26 bits per heavy atom. The Morgan fingerprint density at radius 2 is 1.96 bits per heavy atom. The van der Waals surface area contributed by atoms with Crippen molar-refractivity contribution in [1.29, 1.82) is 0 Å². The van der Waals surface area contributed by atoms with E-state index in [-0.39, 0.29) is 5.41 Å². The largest absolute Gasteiger partial charge is 0.353 e. The Bertz CT molecular complexity index is 546. The maximum atomic E-state index is 13.1. The van der Waals surface area contributed by atoms with Crippen LogP contribution in [0, 0.1) is 11.3 Å². The molecular weight excluding hydrogens is 284 g/mol. The minimum atomic E-state index is -0.156. The molecule has 23 heavy (non-hydrogen) atoms. The highest BCUT2D eigenvalue weighted by atomic mass is 16.2. The van der Waals surface area contributed by atoms with Gasteiger partial charge in [0.25, 0.3) is 0 Å². The van der Waals surface area contributed by atoms with Crippen LogP contribution in [-0.4, -0.2) is 25.0 Å². The van der Waals surface area contributed by atoms with E-state index >= 15 is 0 Å². The third-order valence-electron chi connectivity index (χ3n) is 5.52. The summed E-state index contributed by atoms with van der Waals surface area (Å²) in [5.74, 6) is 0.864. The third-order valence-corrected chi connectivity index (χ3v) is 5.52. The topological polar surface area (TPSA) is 41.1 Å². The number of aryl methyl sites for hydroxylation is 1. The molecule has 1 aliphatic carbocycles. The normalized spacial score (nSPS) is 23.3. The molecule has 1 atom stereocenters. The van der Waals surface area contributed by atoms with Gasteiger partial charge in [-0.3, -0.25) is 4.79 Å². The van der Waals surface area contributed by atoms with E-state index in [4.69, 9.17) is 0 Å².